The monoisotopic (exact) mass is 292 g/mol. The Hall–Kier alpha value is -0.0800. The van der Waals surface area contributed by atoms with E-state index < -0.39 is 0 Å². The molecule has 0 spiro atoms. The summed E-state index contributed by atoms with van der Waals surface area (Å²) in [6, 6.07) is 2.54. The number of nitrogens with one attached hydrogen (secondary N) is 1. The van der Waals surface area contributed by atoms with Crippen LogP contribution < -0.4 is 5.32 Å². The molecule has 21 heavy (non-hydrogen) atoms. The molecule has 3 rings (SSSR count). The first-order chi connectivity index (χ1) is 10.4. The average Bonchev–Trinajstić information content (AvgIpc) is 2.77. The molecular weight excluding hydrogens is 256 g/mol. The molecule has 1 aliphatic heterocycles. The summed E-state index contributed by atoms with van der Waals surface area (Å²) >= 11 is 0. The lowest BCUT2D eigenvalue weighted by atomic mass is 9.77. The fourth-order valence-electron chi connectivity index (χ4n) is 5.33. The van der Waals surface area contributed by atoms with Crippen molar-refractivity contribution in [2.75, 3.05) is 13.1 Å². The largest absolute Gasteiger partial charge is 0.312 e. The lowest BCUT2D eigenvalue weighted by Crippen LogP contribution is -2.57. The first-order valence-electron chi connectivity index (χ1n) is 9.89. The predicted octanol–water partition coefficient (Wildman–Crippen LogP) is 4.34. The number of hydrogen-bond acceptors (Lipinski definition) is 2. The molecule has 2 nitrogen and oxygen atoms in total. The van der Waals surface area contributed by atoms with Gasteiger partial charge in [-0.15, -0.1) is 0 Å². The molecule has 2 saturated carbocycles. The molecule has 1 N–H and O–H groups in total. The van der Waals surface area contributed by atoms with E-state index in [4.69, 9.17) is 0 Å². The zero-order chi connectivity index (χ0) is 14.5. The minimum atomic E-state index is 0.771. The highest BCUT2D eigenvalue weighted by Gasteiger charge is 2.39. The van der Waals surface area contributed by atoms with Crippen molar-refractivity contribution in [1.82, 2.24) is 10.2 Å². The Labute approximate surface area is 132 Å². The highest BCUT2D eigenvalue weighted by Crippen LogP contribution is 2.38. The van der Waals surface area contributed by atoms with Crippen molar-refractivity contribution in [3.8, 4) is 0 Å². The first-order valence-corrected chi connectivity index (χ1v) is 9.89. The average molecular weight is 293 g/mol. The molecule has 0 aromatic carbocycles. The van der Waals surface area contributed by atoms with Crippen LogP contribution in [0, 0.1) is 5.92 Å². The van der Waals surface area contributed by atoms with Crippen LogP contribution in [0.3, 0.4) is 0 Å². The van der Waals surface area contributed by atoms with E-state index in [0.29, 0.717) is 0 Å². The third kappa shape index (κ3) is 3.82. The van der Waals surface area contributed by atoms with Crippen LogP contribution >= 0.6 is 0 Å². The van der Waals surface area contributed by atoms with Gasteiger partial charge in [-0.3, -0.25) is 4.90 Å². The van der Waals surface area contributed by atoms with E-state index in [1.54, 1.807) is 0 Å². The Kier molecular flexibility index (Phi) is 5.99. The summed E-state index contributed by atoms with van der Waals surface area (Å²) in [6.07, 6.45) is 17.5. The van der Waals surface area contributed by atoms with Gasteiger partial charge in [0.2, 0.25) is 0 Å². The van der Waals surface area contributed by atoms with Gasteiger partial charge in [0, 0.05) is 18.1 Å². The molecule has 1 heterocycles. The highest BCUT2D eigenvalue weighted by molar-refractivity contribution is 4.95. The third-order valence-corrected chi connectivity index (χ3v) is 6.35. The molecule has 122 valence electrons. The summed E-state index contributed by atoms with van der Waals surface area (Å²) < 4.78 is 0. The van der Waals surface area contributed by atoms with Crippen molar-refractivity contribution in [3.63, 3.8) is 0 Å². The number of rotatable bonds is 4. The van der Waals surface area contributed by atoms with Crippen molar-refractivity contribution in [3.05, 3.63) is 0 Å². The maximum Gasteiger partial charge on any atom is 0.0252 e. The SMILES string of the molecule is CCCNC1CCCCCC1N1CCC[C@H]2CCCC[C@H]21. The molecule has 2 aliphatic carbocycles. The van der Waals surface area contributed by atoms with Crippen molar-refractivity contribution in [2.45, 2.75) is 102 Å². The predicted molar refractivity (Wildman–Crippen MR) is 90.6 cm³/mol. The van der Waals surface area contributed by atoms with E-state index in [-0.39, 0.29) is 0 Å². The zero-order valence-electron chi connectivity index (χ0n) is 14.2. The Morgan fingerprint density at radius 3 is 2.43 bits per heavy atom. The Bertz CT molecular complexity index is 302. The standard InChI is InChI=1S/C19H36N2/c1-2-14-20-17-11-4-3-5-13-19(17)21-15-8-10-16-9-6-7-12-18(16)21/h16-20H,2-15H2,1H3/t16-,17?,18-,19?/m1/s1. The van der Waals surface area contributed by atoms with Gasteiger partial charge in [0.25, 0.3) is 0 Å². The minimum Gasteiger partial charge on any atom is -0.312 e. The first kappa shape index (κ1) is 15.8. The number of fused-ring (bicyclic) bond motifs is 1. The van der Waals surface area contributed by atoms with E-state index in [1.807, 2.05) is 0 Å². The van der Waals surface area contributed by atoms with E-state index in [1.165, 1.54) is 90.1 Å². The van der Waals surface area contributed by atoms with Crippen molar-refractivity contribution in [2.24, 2.45) is 5.92 Å². The summed E-state index contributed by atoms with van der Waals surface area (Å²) in [5, 5.41) is 3.91. The Balaban J connectivity index is 1.70. The van der Waals surface area contributed by atoms with Crippen molar-refractivity contribution < 1.29 is 0 Å². The van der Waals surface area contributed by atoms with Crippen LogP contribution in [-0.4, -0.2) is 36.1 Å². The van der Waals surface area contributed by atoms with Crippen LogP contribution in [0.1, 0.15) is 84.0 Å². The summed E-state index contributed by atoms with van der Waals surface area (Å²) in [4.78, 5) is 2.99. The quantitative estimate of drug-likeness (QED) is 0.775. The summed E-state index contributed by atoms with van der Waals surface area (Å²) in [6.45, 7) is 4.90. The molecule has 3 fully saturated rings. The molecule has 0 bridgehead atoms. The Morgan fingerprint density at radius 2 is 1.52 bits per heavy atom. The van der Waals surface area contributed by atoms with Gasteiger partial charge < -0.3 is 5.32 Å². The Morgan fingerprint density at radius 1 is 0.810 bits per heavy atom. The van der Waals surface area contributed by atoms with Crippen molar-refractivity contribution in [1.29, 1.82) is 0 Å². The molecule has 1 saturated heterocycles. The van der Waals surface area contributed by atoms with Gasteiger partial charge in [-0.05, 0) is 64.0 Å². The van der Waals surface area contributed by atoms with E-state index in [0.717, 1.165) is 24.0 Å². The number of piperidine rings is 1. The van der Waals surface area contributed by atoms with E-state index in [9.17, 15) is 0 Å². The molecule has 3 aliphatic rings. The van der Waals surface area contributed by atoms with Crippen LogP contribution in [0.15, 0.2) is 0 Å². The fourth-order valence-corrected chi connectivity index (χ4v) is 5.33. The maximum absolute atomic E-state index is 3.91. The second-order valence-corrected chi connectivity index (χ2v) is 7.76. The second-order valence-electron chi connectivity index (χ2n) is 7.76. The molecule has 0 amide bonds. The van der Waals surface area contributed by atoms with E-state index >= 15 is 0 Å². The second kappa shape index (κ2) is 7.97. The minimum absolute atomic E-state index is 0.771. The van der Waals surface area contributed by atoms with Gasteiger partial charge in [-0.25, -0.2) is 0 Å². The molecule has 0 aromatic heterocycles. The maximum atomic E-state index is 3.91. The molecule has 0 aromatic rings. The summed E-state index contributed by atoms with van der Waals surface area (Å²) in [7, 11) is 0. The molecule has 4 atom stereocenters. The van der Waals surface area contributed by atoms with Gasteiger partial charge in [-0.2, -0.15) is 0 Å². The van der Waals surface area contributed by atoms with E-state index in [2.05, 4.69) is 17.1 Å². The third-order valence-electron chi connectivity index (χ3n) is 6.35. The van der Waals surface area contributed by atoms with Crippen LogP contribution in [-0.2, 0) is 0 Å². The lowest BCUT2D eigenvalue weighted by Gasteiger charge is -2.49. The molecule has 2 unspecified atom stereocenters. The van der Waals surface area contributed by atoms with Crippen LogP contribution in [0.4, 0.5) is 0 Å². The van der Waals surface area contributed by atoms with Gasteiger partial charge in [-0.1, -0.05) is 39.0 Å². The van der Waals surface area contributed by atoms with Crippen LogP contribution in [0.25, 0.3) is 0 Å². The molecule has 0 radical (unpaired) electrons. The summed E-state index contributed by atoms with van der Waals surface area (Å²) in [5.74, 6) is 1.03. The topological polar surface area (TPSA) is 15.3 Å². The summed E-state index contributed by atoms with van der Waals surface area (Å²) in [5.41, 5.74) is 0. The number of hydrogen-bond donors (Lipinski definition) is 1. The van der Waals surface area contributed by atoms with Crippen LogP contribution in [0.5, 0.6) is 0 Å². The molecular formula is C19H36N2. The van der Waals surface area contributed by atoms with Crippen LogP contribution in [0.2, 0.25) is 0 Å². The lowest BCUT2D eigenvalue weighted by molar-refractivity contribution is 0.00982. The number of likely N-dealkylation sites (tertiary alicyclic amines) is 1. The number of nitrogens with zero attached hydrogens (tertiary/aromatic N) is 1. The van der Waals surface area contributed by atoms with Gasteiger partial charge in [0.1, 0.15) is 0 Å². The van der Waals surface area contributed by atoms with Gasteiger partial charge in [0.15, 0.2) is 0 Å². The normalized spacial score (nSPS) is 38.7. The fraction of sp³-hybridized carbons (Fsp3) is 1.00. The van der Waals surface area contributed by atoms with Gasteiger partial charge >= 0.3 is 0 Å². The smallest absolute Gasteiger partial charge is 0.0252 e. The van der Waals surface area contributed by atoms with Crippen molar-refractivity contribution >= 4 is 0 Å². The van der Waals surface area contributed by atoms with Gasteiger partial charge in [0.05, 0.1) is 0 Å². The highest BCUT2D eigenvalue weighted by atomic mass is 15.2. The zero-order valence-corrected chi connectivity index (χ0v) is 14.2. The molecule has 2 heteroatoms.